The van der Waals surface area contributed by atoms with E-state index in [2.05, 4.69) is 0 Å². The predicted molar refractivity (Wildman–Crippen MR) is 46.2 cm³/mol. The van der Waals surface area contributed by atoms with Crippen LogP contribution in [-0.2, 0) is 5.72 Å². The first-order valence-corrected chi connectivity index (χ1v) is 3.84. The van der Waals surface area contributed by atoms with Gasteiger partial charge in [-0.1, -0.05) is 30.3 Å². The van der Waals surface area contributed by atoms with Crippen molar-refractivity contribution in [3.8, 4) is 0 Å². The molecule has 0 aliphatic carbocycles. The Morgan fingerprint density at radius 3 is 2.33 bits per heavy atom. The number of aliphatic hydroxyl groups excluding tert-OH is 1. The molecule has 0 aliphatic heterocycles. The molecule has 0 aromatic heterocycles. The minimum absolute atomic E-state index is 0.123. The average molecular weight is 167 g/mol. The van der Waals surface area contributed by atoms with Crippen molar-refractivity contribution < 1.29 is 10.2 Å². The standard InChI is InChI=1S/C9H13NO2/c10-9(12,6-7-11)8-4-2-1-3-5-8/h1-5,11-12H,6-7,10H2. The van der Waals surface area contributed by atoms with Crippen molar-refractivity contribution >= 4 is 0 Å². The van der Waals surface area contributed by atoms with Crippen molar-refractivity contribution in [2.45, 2.75) is 12.1 Å². The minimum Gasteiger partial charge on any atom is -0.396 e. The molecule has 1 aromatic rings. The summed E-state index contributed by atoms with van der Waals surface area (Å²) in [5, 5.41) is 18.2. The third-order valence-electron chi connectivity index (χ3n) is 1.77. The Morgan fingerprint density at radius 1 is 1.25 bits per heavy atom. The Labute approximate surface area is 71.5 Å². The SMILES string of the molecule is NC(O)(CCO)c1ccccc1. The van der Waals surface area contributed by atoms with Crippen molar-refractivity contribution in [1.82, 2.24) is 0 Å². The molecule has 3 heteroatoms. The summed E-state index contributed by atoms with van der Waals surface area (Å²) in [5.41, 5.74) is 4.76. The second kappa shape index (κ2) is 3.67. The van der Waals surface area contributed by atoms with Crippen LogP contribution in [0.3, 0.4) is 0 Å². The van der Waals surface area contributed by atoms with Crippen LogP contribution in [0.4, 0.5) is 0 Å². The summed E-state index contributed by atoms with van der Waals surface area (Å²) in [6, 6.07) is 8.90. The number of aliphatic hydroxyl groups is 2. The molecule has 0 bridgehead atoms. The van der Waals surface area contributed by atoms with Gasteiger partial charge in [0.25, 0.3) is 0 Å². The van der Waals surface area contributed by atoms with E-state index in [0.29, 0.717) is 5.56 Å². The molecule has 3 nitrogen and oxygen atoms in total. The van der Waals surface area contributed by atoms with Crippen molar-refractivity contribution in [3.63, 3.8) is 0 Å². The van der Waals surface area contributed by atoms with Gasteiger partial charge in [-0.05, 0) is 5.56 Å². The maximum Gasteiger partial charge on any atom is 0.141 e. The van der Waals surface area contributed by atoms with E-state index in [-0.39, 0.29) is 13.0 Å². The van der Waals surface area contributed by atoms with E-state index in [1.54, 1.807) is 24.3 Å². The largest absolute Gasteiger partial charge is 0.396 e. The molecule has 0 fully saturated rings. The molecule has 1 atom stereocenters. The molecule has 12 heavy (non-hydrogen) atoms. The Kier molecular flexibility index (Phi) is 2.81. The lowest BCUT2D eigenvalue weighted by molar-refractivity contribution is 0.0176. The van der Waals surface area contributed by atoms with Gasteiger partial charge in [0.15, 0.2) is 0 Å². The van der Waals surface area contributed by atoms with Gasteiger partial charge in [0.2, 0.25) is 0 Å². The smallest absolute Gasteiger partial charge is 0.141 e. The van der Waals surface area contributed by atoms with Gasteiger partial charge in [0, 0.05) is 13.0 Å². The zero-order valence-electron chi connectivity index (χ0n) is 6.77. The summed E-state index contributed by atoms with van der Waals surface area (Å²) in [5.74, 6) is 0. The molecule has 0 saturated heterocycles. The van der Waals surface area contributed by atoms with E-state index in [0.717, 1.165) is 0 Å². The molecule has 1 rings (SSSR count). The van der Waals surface area contributed by atoms with Crippen molar-refractivity contribution in [2.75, 3.05) is 6.61 Å². The zero-order valence-corrected chi connectivity index (χ0v) is 6.77. The van der Waals surface area contributed by atoms with Gasteiger partial charge in [0.1, 0.15) is 5.72 Å². The second-order valence-electron chi connectivity index (χ2n) is 2.76. The molecule has 66 valence electrons. The fraction of sp³-hybridized carbons (Fsp3) is 0.333. The highest BCUT2D eigenvalue weighted by Crippen LogP contribution is 2.17. The summed E-state index contributed by atoms with van der Waals surface area (Å²) in [7, 11) is 0. The van der Waals surface area contributed by atoms with Crippen molar-refractivity contribution in [3.05, 3.63) is 35.9 Å². The first-order chi connectivity index (χ1) is 5.67. The number of benzene rings is 1. The Morgan fingerprint density at radius 2 is 1.83 bits per heavy atom. The predicted octanol–water partition coefficient (Wildman–Crippen LogP) is 0.173. The molecule has 0 amide bonds. The molecular weight excluding hydrogens is 154 g/mol. The Balaban J connectivity index is 2.82. The lowest BCUT2D eigenvalue weighted by Gasteiger charge is -2.22. The third kappa shape index (κ3) is 2.04. The molecule has 4 N–H and O–H groups in total. The van der Waals surface area contributed by atoms with Gasteiger partial charge >= 0.3 is 0 Å². The second-order valence-corrected chi connectivity index (χ2v) is 2.76. The maximum absolute atomic E-state index is 9.60. The van der Waals surface area contributed by atoms with Crippen LogP contribution in [0.5, 0.6) is 0 Å². The molecule has 0 radical (unpaired) electrons. The van der Waals surface area contributed by atoms with E-state index >= 15 is 0 Å². The third-order valence-corrected chi connectivity index (χ3v) is 1.77. The fourth-order valence-corrected chi connectivity index (χ4v) is 1.04. The van der Waals surface area contributed by atoms with Gasteiger partial charge in [-0.15, -0.1) is 0 Å². The van der Waals surface area contributed by atoms with Crippen molar-refractivity contribution in [2.24, 2.45) is 5.73 Å². The molecule has 0 spiro atoms. The van der Waals surface area contributed by atoms with Crippen LogP contribution < -0.4 is 5.73 Å². The van der Waals surface area contributed by atoms with Crippen LogP contribution in [0, 0.1) is 0 Å². The molecule has 0 aliphatic rings. The highest BCUT2D eigenvalue weighted by atomic mass is 16.3. The van der Waals surface area contributed by atoms with Gasteiger partial charge in [-0.25, -0.2) is 0 Å². The van der Waals surface area contributed by atoms with Crippen LogP contribution in [-0.4, -0.2) is 16.8 Å². The number of nitrogens with two attached hydrogens (primary N) is 1. The van der Waals surface area contributed by atoms with Gasteiger partial charge in [0.05, 0.1) is 0 Å². The van der Waals surface area contributed by atoms with E-state index in [4.69, 9.17) is 10.8 Å². The number of hydrogen-bond acceptors (Lipinski definition) is 3. The molecule has 0 saturated carbocycles. The topological polar surface area (TPSA) is 66.5 Å². The quantitative estimate of drug-likeness (QED) is 0.562. The lowest BCUT2D eigenvalue weighted by atomic mass is 10.0. The average Bonchev–Trinajstić information content (AvgIpc) is 2.06. The summed E-state index contributed by atoms with van der Waals surface area (Å²) < 4.78 is 0. The zero-order chi connectivity index (χ0) is 9.03. The first-order valence-electron chi connectivity index (χ1n) is 3.84. The normalized spacial score (nSPS) is 15.6. The molecule has 1 unspecified atom stereocenters. The Bertz CT molecular complexity index is 234. The van der Waals surface area contributed by atoms with Gasteiger partial charge < -0.3 is 10.2 Å². The first kappa shape index (κ1) is 9.19. The van der Waals surface area contributed by atoms with Crippen LogP contribution in [0.1, 0.15) is 12.0 Å². The summed E-state index contributed by atoms with van der Waals surface area (Å²) in [6.07, 6.45) is 0.150. The van der Waals surface area contributed by atoms with Gasteiger partial charge in [-0.2, -0.15) is 0 Å². The lowest BCUT2D eigenvalue weighted by Crippen LogP contribution is -2.37. The van der Waals surface area contributed by atoms with E-state index in [9.17, 15) is 5.11 Å². The minimum atomic E-state index is -1.41. The fourth-order valence-electron chi connectivity index (χ4n) is 1.04. The molecule has 0 heterocycles. The molecule has 1 aromatic carbocycles. The van der Waals surface area contributed by atoms with Crippen molar-refractivity contribution in [1.29, 1.82) is 0 Å². The van der Waals surface area contributed by atoms with E-state index in [1.165, 1.54) is 0 Å². The number of rotatable bonds is 3. The van der Waals surface area contributed by atoms with Crippen LogP contribution in [0.25, 0.3) is 0 Å². The van der Waals surface area contributed by atoms with Crippen LogP contribution in [0.15, 0.2) is 30.3 Å². The van der Waals surface area contributed by atoms with Gasteiger partial charge in [-0.3, -0.25) is 5.73 Å². The Hall–Kier alpha value is -0.900. The highest BCUT2D eigenvalue weighted by Gasteiger charge is 2.21. The summed E-state index contributed by atoms with van der Waals surface area (Å²) in [6.45, 7) is -0.123. The van der Waals surface area contributed by atoms with E-state index in [1.807, 2.05) is 6.07 Å². The number of hydrogen-bond donors (Lipinski definition) is 3. The maximum atomic E-state index is 9.60. The summed E-state index contributed by atoms with van der Waals surface area (Å²) >= 11 is 0. The van der Waals surface area contributed by atoms with Crippen LogP contribution in [0.2, 0.25) is 0 Å². The van der Waals surface area contributed by atoms with E-state index < -0.39 is 5.72 Å². The van der Waals surface area contributed by atoms with Crippen LogP contribution >= 0.6 is 0 Å². The highest BCUT2D eigenvalue weighted by molar-refractivity contribution is 5.20. The summed E-state index contributed by atoms with van der Waals surface area (Å²) in [4.78, 5) is 0. The monoisotopic (exact) mass is 167 g/mol. The molecular formula is C9H13NO2.